The van der Waals surface area contributed by atoms with Gasteiger partial charge in [-0.15, -0.1) is 0 Å². The third-order valence-corrected chi connectivity index (χ3v) is 2.79. The molecular weight excluding hydrogens is 261 g/mol. The van der Waals surface area contributed by atoms with E-state index in [1.54, 1.807) is 12.1 Å². The maximum Gasteiger partial charge on any atom is 0.224 e. The van der Waals surface area contributed by atoms with Gasteiger partial charge in [0.1, 0.15) is 5.82 Å². The van der Waals surface area contributed by atoms with Crippen LogP contribution in [0.25, 0.3) is 0 Å². The number of carbonyl (C=O) groups is 1. The minimum absolute atomic E-state index is 0.102. The molecule has 1 fully saturated rings. The molecule has 1 N–H and O–H groups in total. The maximum absolute atomic E-state index is 13.3. The number of hydrogen-bond acceptors (Lipinski definition) is 1. The fourth-order valence-electron chi connectivity index (χ4n) is 1.36. The lowest BCUT2D eigenvalue weighted by atomic mass is 10.1. The van der Waals surface area contributed by atoms with E-state index >= 15 is 0 Å². The smallest absolute Gasteiger partial charge is 0.224 e. The summed E-state index contributed by atoms with van der Waals surface area (Å²) in [6.45, 7) is 0. The molecule has 0 saturated heterocycles. The van der Waals surface area contributed by atoms with E-state index in [1.807, 2.05) is 0 Å². The van der Waals surface area contributed by atoms with Crippen LogP contribution in [0.4, 0.5) is 4.39 Å². The fraction of sp³-hybridized carbons (Fsp3) is 0.364. The van der Waals surface area contributed by atoms with E-state index in [0.29, 0.717) is 11.6 Å². The van der Waals surface area contributed by atoms with Crippen molar-refractivity contribution in [2.75, 3.05) is 0 Å². The molecule has 2 rings (SSSR count). The molecule has 1 aromatic rings. The maximum atomic E-state index is 13.3. The predicted octanol–water partition coefficient (Wildman–Crippen LogP) is 2.41. The summed E-state index contributed by atoms with van der Waals surface area (Å²) in [4.78, 5) is 11.4. The fourth-order valence-corrected chi connectivity index (χ4v) is 1.77. The number of nitrogens with one attached hydrogen (secondary N) is 1. The van der Waals surface area contributed by atoms with E-state index in [1.165, 1.54) is 6.07 Å². The number of amides is 1. The van der Waals surface area contributed by atoms with E-state index in [-0.39, 0.29) is 18.1 Å². The third-order valence-electron chi connectivity index (χ3n) is 2.30. The van der Waals surface area contributed by atoms with Gasteiger partial charge in [-0.3, -0.25) is 4.79 Å². The third kappa shape index (κ3) is 3.02. The molecule has 4 heteroatoms. The average molecular weight is 272 g/mol. The van der Waals surface area contributed by atoms with Crippen LogP contribution in [0.3, 0.4) is 0 Å². The molecule has 0 unspecified atom stereocenters. The average Bonchev–Trinajstić information content (AvgIpc) is 2.95. The van der Waals surface area contributed by atoms with E-state index < -0.39 is 0 Å². The number of rotatable bonds is 3. The van der Waals surface area contributed by atoms with Gasteiger partial charge in [-0.1, -0.05) is 15.9 Å². The van der Waals surface area contributed by atoms with Crippen LogP contribution in [0.5, 0.6) is 0 Å². The van der Waals surface area contributed by atoms with Crippen LogP contribution in [-0.4, -0.2) is 11.9 Å². The summed E-state index contributed by atoms with van der Waals surface area (Å²) in [6.07, 6.45) is 2.21. The van der Waals surface area contributed by atoms with Gasteiger partial charge in [0, 0.05) is 10.5 Å². The second-order valence-corrected chi connectivity index (χ2v) is 4.67. The van der Waals surface area contributed by atoms with Crippen molar-refractivity contribution < 1.29 is 9.18 Å². The number of halogens is 2. The molecule has 0 aliphatic heterocycles. The highest BCUT2D eigenvalue weighted by atomic mass is 79.9. The van der Waals surface area contributed by atoms with Crippen molar-refractivity contribution in [1.82, 2.24) is 5.32 Å². The van der Waals surface area contributed by atoms with Gasteiger partial charge in [0.05, 0.1) is 6.42 Å². The van der Waals surface area contributed by atoms with Crippen LogP contribution < -0.4 is 5.32 Å². The van der Waals surface area contributed by atoms with Crippen LogP contribution in [0, 0.1) is 5.82 Å². The lowest BCUT2D eigenvalue weighted by Gasteiger charge is -2.04. The van der Waals surface area contributed by atoms with E-state index in [0.717, 1.165) is 17.3 Å². The Bertz CT molecular complexity index is 390. The molecule has 0 spiro atoms. The lowest BCUT2D eigenvalue weighted by Crippen LogP contribution is -2.27. The molecule has 0 atom stereocenters. The number of carbonyl (C=O) groups excluding carboxylic acids is 1. The zero-order chi connectivity index (χ0) is 10.8. The predicted molar refractivity (Wildman–Crippen MR) is 59.0 cm³/mol. The molecule has 1 aromatic carbocycles. The summed E-state index contributed by atoms with van der Waals surface area (Å²) >= 11 is 3.25. The Balaban J connectivity index is 2.01. The highest BCUT2D eigenvalue weighted by molar-refractivity contribution is 9.10. The second-order valence-electron chi connectivity index (χ2n) is 3.75. The van der Waals surface area contributed by atoms with Crippen molar-refractivity contribution in [3.05, 3.63) is 34.1 Å². The molecule has 15 heavy (non-hydrogen) atoms. The summed E-state index contributed by atoms with van der Waals surface area (Å²) in [6, 6.07) is 4.95. The Hall–Kier alpha value is -0.900. The zero-order valence-corrected chi connectivity index (χ0v) is 9.68. The van der Waals surface area contributed by atoms with Crippen molar-refractivity contribution >= 4 is 21.8 Å². The summed E-state index contributed by atoms with van der Waals surface area (Å²) in [7, 11) is 0. The lowest BCUT2D eigenvalue weighted by molar-refractivity contribution is -0.120. The van der Waals surface area contributed by atoms with Gasteiger partial charge in [-0.2, -0.15) is 0 Å². The minimum Gasteiger partial charge on any atom is -0.353 e. The van der Waals surface area contributed by atoms with Crippen molar-refractivity contribution in [2.24, 2.45) is 0 Å². The van der Waals surface area contributed by atoms with Gasteiger partial charge in [0.25, 0.3) is 0 Å². The molecule has 0 heterocycles. The van der Waals surface area contributed by atoms with Crippen LogP contribution in [0.1, 0.15) is 18.4 Å². The van der Waals surface area contributed by atoms with Gasteiger partial charge in [0.2, 0.25) is 5.91 Å². The number of benzene rings is 1. The van der Waals surface area contributed by atoms with Crippen LogP contribution in [0.15, 0.2) is 22.7 Å². The van der Waals surface area contributed by atoms with Crippen molar-refractivity contribution in [2.45, 2.75) is 25.3 Å². The first-order valence-corrected chi connectivity index (χ1v) is 5.68. The molecule has 0 radical (unpaired) electrons. The first-order valence-electron chi connectivity index (χ1n) is 4.88. The highest BCUT2D eigenvalue weighted by Gasteiger charge is 2.23. The summed E-state index contributed by atoms with van der Waals surface area (Å²) in [5.74, 6) is -0.432. The Morgan fingerprint density at radius 3 is 2.93 bits per heavy atom. The molecule has 0 bridgehead atoms. The molecule has 1 saturated carbocycles. The topological polar surface area (TPSA) is 29.1 Å². The standard InChI is InChI=1S/C11H11BrFNO/c12-8-1-4-10(13)7(5-8)6-11(15)14-9-2-3-9/h1,4-5,9H,2-3,6H2,(H,14,15). The SMILES string of the molecule is O=C(Cc1cc(Br)ccc1F)NC1CC1. The highest BCUT2D eigenvalue weighted by Crippen LogP contribution is 2.20. The van der Waals surface area contributed by atoms with Gasteiger partial charge >= 0.3 is 0 Å². The van der Waals surface area contributed by atoms with Gasteiger partial charge in [-0.25, -0.2) is 4.39 Å². The Kier molecular flexibility index (Phi) is 3.05. The Morgan fingerprint density at radius 2 is 2.27 bits per heavy atom. The van der Waals surface area contributed by atoms with E-state index in [9.17, 15) is 9.18 Å². The monoisotopic (exact) mass is 271 g/mol. The summed E-state index contributed by atoms with van der Waals surface area (Å²) in [5.41, 5.74) is 0.433. The quantitative estimate of drug-likeness (QED) is 0.899. The van der Waals surface area contributed by atoms with E-state index in [4.69, 9.17) is 0 Å². The van der Waals surface area contributed by atoms with Gasteiger partial charge in [0.15, 0.2) is 0 Å². The van der Waals surface area contributed by atoms with Crippen LogP contribution >= 0.6 is 15.9 Å². The molecule has 1 amide bonds. The van der Waals surface area contributed by atoms with Gasteiger partial charge < -0.3 is 5.32 Å². The first-order chi connectivity index (χ1) is 7.15. The minimum atomic E-state index is -0.329. The summed E-state index contributed by atoms with van der Waals surface area (Å²) < 4.78 is 14.1. The number of hydrogen-bond donors (Lipinski definition) is 1. The Labute approximate surface area is 96.0 Å². The normalized spacial score (nSPS) is 15.1. The Morgan fingerprint density at radius 1 is 1.53 bits per heavy atom. The van der Waals surface area contributed by atoms with Crippen molar-refractivity contribution in [3.8, 4) is 0 Å². The second kappa shape index (κ2) is 4.31. The molecular formula is C11H11BrFNO. The molecule has 1 aliphatic rings. The molecule has 1 aliphatic carbocycles. The molecule has 80 valence electrons. The van der Waals surface area contributed by atoms with E-state index in [2.05, 4.69) is 21.2 Å². The first kappa shape index (κ1) is 10.6. The van der Waals surface area contributed by atoms with Gasteiger partial charge in [-0.05, 0) is 36.6 Å². The van der Waals surface area contributed by atoms with Crippen molar-refractivity contribution in [3.63, 3.8) is 0 Å². The van der Waals surface area contributed by atoms with Crippen molar-refractivity contribution in [1.29, 1.82) is 0 Å². The van der Waals surface area contributed by atoms with Crippen LogP contribution in [-0.2, 0) is 11.2 Å². The van der Waals surface area contributed by atoms with Crippen LogP contribution in [0.2, 0.25) is 0 Å². The molecule has 0 aromatic heterocycles. The molecule has 2 nitrogen and oxygen atoms in total. The largest absolute Gasteiger partial charge is 0.353 e. The summed E-state index contributed by atoms with van der Waals surface area (Å²) in [5, 5.41) is 2.83. The zero-order valence-electron chi connectivity index (χ0n) is 8.09.